The molecule has 1 aliphatic rings. The van der Waals surface area contributed by atoms with Crippen molar-refractivity contribution in [2.75, 3.05) is 0 Å². The third-order valence-corrected chi connectivity index (χ3v) is 5.69. The van der Waals surface area contributed by atoms with E-state index in [0.29, 0.717) is 23.3 Å². The van der Waals surface area contributed by atoms with Crippen LogP contribution in [0.3, 0.4) is 0 Å². The molecule has 2 aromatic carbocycles. The maximum Gasteiger partial charge on any atom is 0.416 e. The molecule has 0 saturated carbocycles. The third-order valence-electron chi connectivity index (χ3n) is 5.69. The fourth-order valence-corrected chi connectivity index (χ4v) is 3.92. The molecule has 0 amide bonds. The summed E-state index contributed by atoms with van der Waals surface area (Å²) in [5.74, 6) is 0.403. The number of benzene rings is 2. The van der Waals surface area contributed by atoms with Crippen molar-refractivity contribution in [2.24, 2.45) is 5.41 Å². The lowest BCUT2D eigenvalue weighted by atomic mass is 9.79. The molecular formula is C25H21F3O4. The number of carbonyl (C=O) groups excluding carboxylic acids is 1. The van der Waals surface area contributed by atoms with Crippen molar-refractivity contribution < 1.29 is 27.1 Å². The second kappa shape index (κ2) is 7.97. The Hall–Kier alpha value is -3.35. The summed E-state index contributed by atoms with van der Waals surface area (Å²) in [6, 6.07) is 11.5. The number of hydrogen-bond donors (Lipinski definition) is 0. The Balaban J connectivity index is 1.48. The first-order valence-corrected chi connectivity index (χ1v) is 10.1. The van der Waals surface area contributed by atoms with E-state index in [2.05, 4.69) is 0 Å². The molecule has 1 atom stereocenters. The van der Waals surface area contributed by atoms with Gasteiger partial charge in [-0.15, -0.1) is 0 Å². The van der Waals surface area contributed by atoms with E-state index in [1.807, 2.05) is 26.0 Å². The molecule has 0 aliphatic carbocycles. The minimum absolute atomic E-state index is 0.142. The Kier molecular flexibility index (Phi) is 5.44. The van der Waals surface area contributed by atoms with Gasteiger partial charge in [-0.3, -0.25) is 4.79 Å². The number of ether oxygens (including phenoxy) is 1. The lowest BCUT2D eigenvalue weighted by Crippen LogP contribution is -2.35. The van der Waals surface area contributed by atoms with E-state index >= 15 is 0 Å². The lowest BCUT2D eigenvalue weighted by molar-refractivity contribution is -0.137. The van der Waals surface area contributed by atoms with Gasteiger partial charge in [-0.1, -0.05) is 32.1 Å². The molecule has 3 aromatic rings. The molecule has 1 aromatic heterocycles. The van der Waals surface area contributed by atoms with Crippen molar-refractivity contribution in [3.05, 3.63) is 81.7 Å². The summed E-state index contributed by atoms with van der Waals surface area (Å²) in [4.78, 5) is 24.2. The van der Waals surface area contributed by atoms with Crippen LogP contribution in [0, 0.1) is 5.41 Å². The van der Waals surface area contributed by atoms with Gasteiger partial charge in [0, 0.05) is 35.3 Å². The summed E-state index contributed by atoms with van der Waals surface area (Å²) >= 11 is 0. The van der Waals surface area contributed by atoms with Crippen LogP contribution in [0.2, 0.25) is 0 Å². The van der Waals surface area contributed by atoms with E-state index in [1.165, 1.54) is 30.4 Å². The molecule has 1 unspecified atom stereocenters. The van der Waals surface area contributed by atoms with Gasteiger partial charge in [-0.2, -0.15) is 13.2 Å². The number of halogens is 3. The topological polar surface area (TPSA) is 56.5 Å². The van der Waals surface area contributed by atoms with Crippen molar-refractivity contribution >= 4 is 22.8 Å². The van der Waals surface area contributed by atoms with Crippen molar-refractivity contribution in [2.45, 2.75) is 39.0 Å². The van der Waals surface area contributed by atoms with Gasteiger partial charge in [-0.05, 0) is 42.0 Å². The average molecular weight is 442 g/mol. The lowest BCUT2D eigenvalue weighted by Gasteiger charge is -2.29. The molecule has 2 heterocycles. The van der Waals surface area contributed by atoms with Crippen molar-refractivity contribution in [1.29, 1.82) is 0 Å². The zero-order valence-electron chi connectivity index (χ0n) is 17.5. The van der Waals surface area contributed by atoms with Crippen molar-refractivity contribution in [3.63, 3.8) is 0 Å². The highest BCUT2D eigenvalue weighted by atomic mass is 19.4. The number of hydrogen-bond acceptors (Lipinski definition) is 4. The number of allylic oxidation sites excluding steroid dienone is 1. The monoisotopic (exact) mass is 442 g/mol. The van der Waals surface area contributed by atoms with Gasteiger partial charge in [0.05, 0.1) is 5.56 Å². The normalized spacial score (nSPS) is 16.3. The molecule has 0 radical (unpaired) electrons. The standard InChI is InChI=1S/C25H21F3O4/c1-24(2,14-18(29)9-6-15-4-3-5-17(12-15)25(26,27)28)21-13-19-20(31-21)10-7-16-8-11-22(30)32-23(16)19/h3-12,21H,13-14H2,1-2H3/b9-6+. The van der Waals surface area contributed by atoms with Crippen LogP contribution in [0.1, 0.15) is 37.0 Å². The molecule has 4 nitrogen and oxygen atoms in total. The highest BCUT2D eigenvalue weighted by Gasteiger charge is 2.38. The van der Waals surface area contributed by atoms with Gasteiger partial charge in [-0.25, -0.2) is 4.79 Å². The van der Waals surface area contributed by atoms with E-state index in [4.69, 9.17) is 9.15 Å². The van der Waals surface area contributed by atoms with Crippen LogP contribution in [-0.4, -0.2) is 11.9 Å². The Morgan fingerprint density at radius 3 is 2.62 bits per heavy atom. The summed E-state index contributed by atoms with van der Waals surface area (Å²) in [6.45, 7) is 3.80. The van der Waals surface area contributed by atoms with E-state index in [0.717, 1.165) is 23.1 Å². The predicted molar refractivity (Wildman–Crippen MR) is 114 cm³/mol. The maximum absolute atomic E-state index is 12.9. The first-order chi connectivity index (χ1) is 15.0. The molecule has 32 heavy (non-hydrogen) atoms. The van der Waals surface area contributed by atoms with Gasteiger partial charge < -0.3 is 9.15 Å². The highest BCUT2D eigenvalue weighted by molar-refractivity contribution is 5.94. The minimum Gasteiger partial charge on any atom is -0.489 e. The van der Waals surface area contributed by atoms with Crippen LogP contribution in [0.15, 0.2) is 63.8 Å². The summed E-state index contributed by atoms with van der Waals surface area (Å²) < 4.78 is 50.0. The van der Waals surface area contributed by atoms with Crippen LogP contribution in [0.25, 0.3) is 17.0 Å². The van der Waals surface area contributed by atoms with Crippen LogP contribution in [0.5, 0.6) is 5.75 Å². The van der Waals surface area contributed by atoms with Crippen LogP contribution < -0.4 is 10.4 Å². The number of carbonyl (C=O) groups is 1. The number of ketones is 1. The number of rotatable bonds is 5. The second-order valence-electron chi connectivity index (χ2n) is 8.61. The first-order valence-electron chi connectivity index (χ1n) is 10.1. The smallest absolute Gasteiger partial charge is 0.416 e. The van der Waals surface area contributed by atoms with Crippen molar-refractivity contribution in [3.8, 4) is 5.75 Å². The van der Waals surface area contributed by atoms with Crippen LogP contribution in [0.4, 0.5) is 13.2 Å². The average Bonchev–Trinajstić information content (AvgIpc) is 3.18. The number of alkyl halides is 3. The molecule has 4 rings (SSSR count). The van der Waals surface area contributed by atoms with Gasteiger partial charge in [0.15, 0.2) is 5.78 Å². The predicted octanol–water partition coefficient (Wildman–Crippen LogP) is 5.81. The van der Waals surface area contributed by atoms with Gasteiger partial charge in [0.1, 0.15) is 17.4 Å². The van der Waals surface area contributed by atoms with Gasteiger partial charge >= 0.3 is 11.8 Å². The zero-order valence-corrected chi connectivity index (χ0v) is 17.5. The molecule has 1 aliphatic heterocycles. The van der Waals surface area contributed by atoms with E-state index in [1.54, 1.807) is 6.07 Å². The SMILES string of the molecule is CC(C)(CC(=O)/C=C/c1cccc(C(F)(F)F)c1)C1Cc2c(ccc3ccc(=O)oc23)O1. The molecule has 7 heteroatoms. The van der Waals surface area contributed by atoms with E-state index in [-0.39, 0.29) is 18.3 Å². The molecule has 0 N–H and O–H groups in total. The number of fused-ring (bicyclic) bond motifs is 3. The Labute approximate surface area is 182 Å². The fraction of sp³-hybridized carbons (Fsp3) is 0.280. The molecule has 0 bridgehead atoms. The van der Waals surface area contributed by atoms with E-state index < -0.39 is 22.8 Å². The quantitative estimate of drug-likeness (QED) is 0.369. The molecular weight excluding hydrogens is 421 g/mol. The van der Waals surface area contributed by atoms with Crippen LogP contribution in [-0.2, 0) is 17.4 Å². The largest absolute Gasteiger partial charge is 0.489 e. The Morgan fingerprint density at radius 2 is 1.88 bits per heavy atom. The second-order valence-corrected chi connectivity index (χ2v) is 8.61. The molecule has 0 saturated heterocycles. The third kappa shape index (κ3) is 4.47. The first kappa shape index (κ1) is 21.9. The van der Waals surface area contributed by atoms with Gasteiger partial charge in [0.2, 0.25) is 0 Å². The zero-order chi connectivity index (χ0) is 23.1. The maximum atomic E-state index is 12.9. The highest BCUT2D eigenvalue weighted by Crippen LogP contribution is 2.41. The minimum atomic E-state index is -4.44. The van der Waals surface area contributed by atoms with Gasteiger partial charge in [0.25, 0.3) is 0 Å². The molecule has 166 valence electrons. The summed E-state index contributed by atoms with van der Waals surface area (Å²) in [5, 5.41) is 0.797. The summed E-state index contributed by atoms with van der Waals surface area (Å²) in [7, 11) is 0. The molecule has 0 spiro atoms. The van der Waals surface area contributed by atoms with Crippen molar-refractivity contribution in [1.82, 2.24) is 0 Å². The van der Waals surface area contributed by atoms with Crippen LogP contribution >= 0.6 is 0 Å². The molecule has 0 fully saturated rings. The fourth-order valence-electron chi connectivity index (χ4n) is 3.92. The Morgan fingerprint density at radius 1 is 1.12 bits per heavy atom. The Bertz CT molecular complexity index is 1270. The van der Waals surface area contributed by atoms with E-state index in [9.17, 15) is 22.8 Å². The summed E-state index contributed by atoms with van der Waals surface area (Å²) in [6.07, 6.45) is -1.44. The summed E-state index contributed by atoms with van der Waals surface area (Å²) in [5.41, 5.74) is -0.173.